The second kappa shape index (κ2) is 25.5. The molecule has 106 heavy (non-hydrogen) atoms. The van der Waals surface area contributed by atoms with Crippen LogP contribution in [-0.4, -0.2) is 31.8 Å². The molecule has 0 spiro atoms. The Morgan fingerprint density at radius 1 is 0.396 bits per heavy atom. The zero-order valence-corrected chi connectivity index (χ0v) is 62.1. The number of carbonyl (C=O) groups is 2. The quantitative estimate of drug-likeness (QED) is 0.0610. The van der Waals surface area contributed by atoms with E-state index in [1.165, 1.54) is 16.0 Å². The fourth-order valence-corrected chi connectivity index (χ4v) is 15.7. The standard InChI is InChI=1S/C97H81N5O4/c1-54(2)69-16-14-17-70(55(3)4)93(69)102-94(103)74-52-83(105-67-40-35-64(36-41-67)96(8,9)10)90-72-19-15-18-71-59(34-44-73(88(71)72)91-84(53-75(95(102)104)89(74)92(90)91)106-68-42-37-65(38-43-68)97(11,12)13)32-33-63-50-82-87(62-30-24-58(7)25-31-62)80-49-48-79(100-80)86(61-28-22-57(6)23-29-61)78-47-46-77(99-78)85(60-26-20-56(5)21-27-60)76-45-39-66(98-76)51-81(63)101-82/h14-31,34-55,99,101H,1-13H3. The number of H-pyrrole nitrogens is 2. The number of anilines is 1. The molecule has 14 aromatic rings. The largest absolute Gasteiger partial charge is 0.457 e. The number of benzene rings is 11. The molecule has 0 aliphatic carbocycles. The molecule has 0 fully saturated rings. The summed E-state index contributed by atoms with van der Waals surface area (Å²) in [5.41, 5.74) is 22.9. The Hall–Kier alpha value is -12.4. The molecule has 9 heteroatoms. The molecular formula is C97H81N5O4. The molecule has 17 rings (SSSR count). The summed E-state index contributed by atoms with van der Waals surface area (Å²) in [6, 6.07) is 71.4. The summed E-state index contributed by atoms with van der Waals surface area (Å²) in [7, 11) is 0. The Labute approximate surface area is 618 Å². The van der Waals surface area contributed by atoms with Crippen molar-refractivity contribution in [1.29, 1.82) is 0 Å². The first-order valence-corrected chi connectivity index (χ1v) is 36.7. The monoisotopic (exact) mass is 1380 g/mol. The molecule has 0 saturated heterocycles. The Kier molecular flexibility index (Phi) is 16.1. The van der Waals surface area contributed by atoms with Crippen LogP contribution in [0.25, 0.3) is 123 Å². The molecular weight excluding hydrogens is 1300 g/mol. The molecule has 0 saturated carbocycles. The van der Waals surface area contributed by atoms with E-state index >= 15 is 9.59 Å². The van der Waals surface area contributed by atoms with Crippen molar-refractivity contribution in [2.24, 2.45) is 0 Å². The number of amides is 2. The summed E-state index contributed by atoms with van der Waals surface area (Å²) >= 11 is 0. The zero-order chi connectivity index (χ0) is 73.4. The predicted molar refractivity (Wildman–Crippen MR) is 439 cm³/mol. The summed E-state index contributed by atoms with van der Waals surface area (Å²) < 4.78 is 14.6. The van der Waals surface area contributed by atoms with Crippen LogP contribution in [0.3, 0.4) is 0 Å². The minimum absolute atomic E-state index is 0.00809. The van der Waals surface area contributed by atoms with Gasteiger partial charge >= 0.3 is 0 Å². The Morgan fingerprint density at radius 2 is 0.830 bits per heavy atom. The number of nitrogens with one attached hydrogen (secondary N) is 2. The minimum Gasteiger partial charge on any atom is -0.457 e. The molecule has 3 aromatic heterocycles. The van der Waals surface area contributed by atoms with Gasteiger partial charge in [0.1, 0.15) is 23.0 Å². The van der Waals surface area contributed by atoms with Crippen LogP contribution in [0.4, 0.5) is 5.69 Å². The summed E-state index contributed by atoms with van der Waals surface area (Å²) in [6.45, 7) is 27.9. The number of aryl methyl sites for hydroxylation is 3. The van der Waals surface area contributed by atoms with E-state index in [4.69, 9.17) is 19.4 Å². The van der Waals surface area contributed by atoms with Crippen molar-refractivity contribution in [1.82, 2.24) is 19.9 Å². The summed E-state index contributed by atoms with van der Waals surface area (Å²) in [6.07, 6.45) is 8.45. The molecule has 0 atom stereocenters. The van der Waals surface area contributed by atoms with E-state index in [1.54, 1.807) is 0 Å². The molecule has 2 N–H and O–H groups in total. The van der Waals surface area contributed by atoms with Crippen LogP contribution < -0.4 is 14.4 Å². The topological polar surface area (TPSA) is 113 Å². The van der Waals surface area contributed by atoms with Crippen molar-refractivity contribution < 1.29 is 19.1 Å². The molecule has 9 nitrogen and oxygen atoms in total. The number of hydrogen-bond donors (Lipinski definition) is 2. The Morgan fingerprint density at radius 3 is 1.32 bits per heavy atom. The van der Waals surface area contributed by atoms with Gasteiger partial charge < -0.3 is 19.4 Å². The van der Waals surface area contributed by atoms with E-state index in [1.807, 2.05) is 54.6 Å². The van der Waals surface area contributed by atoms with Crippen molar-refractivity contribution in [2.75, 3.05) is 4.90 Å². The molecule has 2 amide bonds. The average molecular weight is 1380 g/mol. The van der Waals surface area contributed by atoms with Crippen molar-refractivity contribution in [3.05, 3.63) is 290 Å². The number of nitrogens with zero attached hydrogens (tertiary/aromatic N) is 3. The maximum absolute atomic E-state index is 16.1. The fraction of sp³-hybridized carbons (Fsp3) is 0.175. The van der Waals surface area contributed by atoms with Crippen LogP contribution in [0.1, 0.15) is 175 Å². The molecule has 8 bridgehead atoms. The third-order valence-corrected chi connectivity index (χ3v) is 21.3. The maximum atomic E-state index is 16.1. The maximum Gasteiger partial charge on any atom is 0.266 e. The minimum atomic E-state index is -0.419. The molecule has 3 aliphatic heterocycles. The molecule has 518 valence electrons. The second-order valence-electron chi connectivity index (χ2n) is 31.4. The van der Waals surface area contributed by atoms with Crippen LogP contribution in [-0.2, 0) is 10.8 Å². The lowest BCUT2D eigenvalue weighted by Gasteiger charge is -2.33. The molecule has 0 radical (unpaired) electrons. The van der Waals surface area contributed by atoms with E-state index in [2.05, 4.69) is 288 Å². The van der Waals surface area contributed by atoms with Gasteiger partial charge in [0, 0.05) is 60.3 Å². The first-order valence-electron chi connectivity index (χ1n) is 36.7. The van der Waals surface area contributed by atoms with Crippen LogP contribution >= 0.6 is 0 Å². The third-order valence-electron chi connectivity index (χ3n) is 21.3. The molecule has 0 unspecified atom stereocenters. The van der Waals surface area contributed by atoms with Gasteiger partial charge in [-0.2, -0.15) is 0 Å². The van der Waals surface area contributed by atoms with Gasteiger partial charge in [-0.15, -0.1) is 0 Å². The van der Waals surface area contributed by atoms with Gasteiger partial charge in [0.05, 0.1) is 50.7 Å². The van der Waals surface area contributed by atoms with Crippen molar-refractivity contribution in [3.63, 3.8) is 0 Å². The van der Waals surface area contributed by atoms with E-state index < -0.39 is 11.8 Å². The normalized spacial score (nSPS) is 13.0. The smallest absolute Gasteiger partial charge is 0.266 e. The van der Waals surface area contributed by atoms with Gasteiger partial charge in [0.25, 0.3) is 11.8 Å². The van der Waals surface area contributed by atoms with E-state index in [-0.39, 0.29) is 22.7 Å². The first kappa shape index (κ1) is 66.8. The van der Waals surface area contributed by atoms with E-state index in [0.29, 0.717) is 50.6 Å². The molecule has 6 heterocycles. The lowest BCUT2D eigenvalue weighted by Crippen LogP contribution is -2.42. The lowest BCUT2D eigenvalue weighted by molar-refractivity contribution is 0.0892. The number of imide groups is 1. The highest BCUT2D eigenvalue weighted by Crippen LogP contribution is 2.54. The van der Waals surface area contributed by atoms with E-state index in [9.17, 15) is 0 Å². The lowest BCUT2D eigenvalue weighted by atomic mass is 9.82. The van der Waals surface area contributed by atoms with Crippen LogP contribution in [0.5, 0.6) is 23.0 Å². The van der Waals surface area contributed by atoms with Crippen LogP contribution in [0.15, 0.2) is 206 Å². The van der Waals surface area contributed by atoms with Gasteiger partial charge in [-0.25, -0.2) is 14.9 Å². The second-order valence-corrected chi connectivity index (χ2v) is 31.4. The summed E-state index contributed by atoms with van der Waals surface area (Å²) in [4.78, 5) is 52.5. The number of aromatic nitrogens is 4. The van der Waals surface area contributed by atoms with Gasteiger partial charge in [-0.3, -0.25) is 9.59 Å². The van der Waals surface area contributed by atoms with Gasteiger partial charge in [0.2, 0.25) is 0 Å². The molecule has 3 aliphatic rings. The SMILES string of the molecule is Cc1ccc(-c2c3nc(c(-c4ccc(C)cc4)c4ccc([nH]4)c(-c4ccc(C)cc4)c4nc(cc5[nH]c2cc5C#Cc2ccc5c6c(Oc7ccc(C(C)(C)C)cc7)cc7c8c(cc(Oc9ccc(C(C)(C)C)cc9)c(c9cccc2c95)c86)C(=O)N(c2c(C(C)C)cccc2C(C)C)C7=O)C=C4)C=C3)cc1. The highest BCUT2D eigenvalue weighted by Gasteiger charge is 2.40. The highest BCUT2D eigenvalue weighted by molar-refractivity contribution is 6.44. The molecule has 11 aromatic carbocycles. The average Bonchev–Trinajstić information content (AvgIpc) is 0.850. The predicted octanol–water partition coefficient (Wildman–Crippen LogP) is 25.3. The van der Waals surface area contributed by atoms with Crippen molar-refractivity contribution in [3.8, 4) is 68.2 Å². The van der Waals surface area contributed by atoms with Gasteiger partial charge in [-0.1, -0.05) is 237 Å². The number of hydrogen-bond acceptors (Lipinski definition) is 6. The number of rotatable bonds is 10. The number of aromatic amines is 2. The first-order chi connectivity index (χ1) is 51.0. The fourth-order valence-electron chi connectivity index (χ4n) is 15.7. The summed E-state index contributed by atoms with van der Waals surface area (Å²) in [5, 5.41) is 6.27. The van der Waals surface area contributed by atoms with Gasteiger partial charge in [-0.05, 0) is 195 Å². The van der Waals surface area contributed by atoms with Crippen LogP contribution in [0.2, 0.25) is 0 Å². The number of carbonyl (C=O) groups excluding carboxylic acids is 2. The summed E-state index contributed by atoms with van der Waals surface area (Å²) in [5.74, 6) is 8.79. The zero-order valence-electron chi connectivity index (χ0n) is 62.1. The number of ether oxygens (including phenoxy) is 2. The number of fused-ring (bicyclic) bond motifs is 10. The highest BCUT2D eigenvalue weighted by atomic mass is 16.5. The number of para-hydroxylation sites is 1. The Bertz CT molecular complexity index is 6160. The van der Waals surface area contributed by atoms with Crippen molar-refractivity contribution in [2.45, 2.75) is 113 Å². The Balaban J connectivity index is 0.935. The van der Waals surface area contributed by atoms with Gasteiger partial charge in [0.15, 0.2) is 0 Å². The third kappa shape index (κ3) is 11.6. The van der Waals surface area contributed by atoms with Crippen LogP contribution in [0, 0.1) is 32.6 Å². The van der Waals surface area contributed by atoms with E-state index in [0.717, 1.165) is 149 Å². The van der Waals surface area contributed by atoms with Crippen molar-refractivity contribution >= 4 is 107 Å².